The number of rotatable bonds is 3. The molecule has 3 aromatic rings. The van der Waals surface area contributed by atoms with E-state index in [0.29, 0.717) is 10.6 Å². The average Bonchev–Trinajstić information content (AvgIpc) is 2.77. The maximum atomic E-state index is 14.2. The van der Waals surface area contributed by atoms with Crippen molar-refractivity contribution in [3.63, 3.8) is 0 Å². The molecule has 4 nitrogen and oxygen atoms in total. The van der Waals surface area contributed by atoms with Crippen molar-refractivity contribution in [2.75, 3.05) is 11.0 Å². The Labute approximate surface area is 174 Å². The van der Waals surface area contributed by atoms with E-state index in [9.17, 15) is 12.8 Å². The maximum absolute atomic E-state index is 14.2. The van der Waals surface area contributed by atoms with Crippen molar-refractivity contribution < 1.29 is 12.8 Å². The normalized spacial score (nSPS) is 14.8. The molecular formula is C22H18ClFN2O2S. The van der Waals surface area contributed by atoms with Gasteiger partial charge in [-0.15, -0.1) is 0 Å². The van der Waals surface area contributed by atoms with Gasteiger partial charge in [-0.1, -0.05) is 23.7 Å². The zero-order chi connectivity index (χ0) is 20.6. The van der Waals surface area contributed by atoms with Crippen LogP contribution in [0.4, 0.5) is 10.1 Å². The van der Waals surface area contributed by atoms with Crippen molar-refractivity contribution in [1.82, 2.24) is 4.98 Å². The van der Waals surface area contributed by atoms with Gasteiger partial charge in [0.1, 0.15) is 5.82 Å². The SMILES string of the molecule is CS(=O)(=O)Nc1cc(F)cc(C=C2c3ccc(Cl)cc3CCc3cccnc32)c1. The summed E-state index contributed by atoms with van der Waals surface area (Å²) in [6.07, 6.45) is 6.23. The minimum Gasteiger partial charge on any atom is -0.284 e. The van der Waals surface area contributed by atoms with Gasteiger partial charge in [-0.2, -0.15) is 0 Å². The third-order valence-electron chi connectivity index (χ3n) is 4.70. The zero-order valence-electron chi connectivity index (χ0n) is 15.6. The standard InChI is InChI=1S/C22H18ClFN2O2S/c1-29(27,28)26-19-10-14(9-18(24)13-19)11-21-20-7-6-17(23)12-16(20)5-4-15-3-2-8-25-22(15)21/h2-3,6-13,26H,4-5H2,1H3. The lowest BCUT2D eigenvalue weighted by Crippen LogP contribution is -2.09. The minimum atomic E-state index is -3.52. The van der Waals surface area contributed by atoms with Crippen LogP contribution >= 0.6 is 11.6 Å². The Bertz CT molecular complexity index is 1240. The molecule has 0 bridgehead atoms. The fraction of sp³-hybridized carbons (Fsp3) is 0.136. The van der Waals surface area contributed by atoms with Gasteiger partial charge in [0.05, 0.1) is 17.6 Å². The summed E-state index contributed by atoms with van der Waals surface area (Å²) in [5.41, 5.74) is 5.55. The Morgan fingerprint density at radius 1 is 1.10 bits per heavy atom. The number of sulfonamides is 1. The van der Waals surface area contributed by atoms with E-state index in [2.05, 4.69) is 9.71 Å². The van der Waals surface area contributed by atoms with Gasteiger partial charge in [-0.3, -0.25) is 9.71 Å². The minimum absolute atomic E-state index is 0.172. The highest BCUT2D eigenvalue weighted by atomic mass is 35.5. The number of aromatic nitrogens is 1. The summed E-state index contributed by atoms with van der Waals surface area (Å²) in [5, 5.41) is 0.660. The third-order valence-corrected chi connectivity index (χ3v) is 5.54. The molecule has 0 spiro atoms. The third kappa shape index (κ3) is 4.49. The van der Waals surface area contributed by atoms with Crippen LogP contribution in [0, 0.1) is 5.82 Å². The number of aryl methyl sites for hydroxylation is 2. The predicted octanol–water partition coefficient (Wildman–Crippen LogP) is 4.93. The van der Waals surface area contributed by atoms with E-state index >= 15 is 0 Å². The van der Waals surface area contributed by atoms with E-state index in [1.165, 1.54) is 6.07 Å². The Morgan fingerprint density at radius 2 is 1.90 bits per heavy atom. The summed E-state index contributed by atoms with van der Waals surface area (Å²) < 4.78 is 39.6. The molecular weight excluding hydrogens is 411 g/mol. The van der Waals surface area contributed by atoms with Gasteiger partial charge in [0.25, 0.3) is 0 Å². The number of hydrogen-bond donors (Lipinski definition) is 1. The van der Waals surface area contributed by atoms with Gasteiger partial charge < -0.3 is 0 Å². The Kier molecular flexibility index (Phi) is 5.15. The maximum Gasteiger partial charge on any atom is 0.229 e. The van der Waals surface area contributed by atoms with Crippen LogP contribution in [0.25, 0.3) is 11.6 Å². The van der Waals surface area contributed by atoms with E-state index in [4.69, 9.17) is 11.6 Å². The number of halogens is 2. The molecule has 0 amide bonds. The molecule has 0 radical (unpaired) electrons. The summed E-state index contributed by atoms with van der Waals surface area (Å²) in [6, 6.07) is 13.8. The largest absolute Gasteiger partial charge is 0.284 e. The summed E-state index contributed by atoms with van der Waals surface area (Å²) in [7, 11) is -3.52. The topological polar surface area (TPSA) is 59.1 Å². The van der Waals surface area contributed by atoms with Crippen LogP contribution in [0.3, 0.4) is 0 Å². The monoisotopic (exact) mass is 428 g/mol. The van der Waals surface area contributed by atoms with Crippen molar-refractivity contribution in [2.24, 2.45) is 0 Å². The first-order chi connectivity index (χ1) is 13.8. The summed E-state index contributed by atoms with van der Waals surface area (Å²) in [6.45, 7) is 0. The molecule has 0 saturated carbocycles. The van der Waals surface area contributed by atoms with Crippen molar-refractivity contribution in [2.45, 2.75) is 12.8 Å². The molecule has 7 heteroatoms. The Hall–Kier alpha value is -2.70. The number of nitrogens with one attached hydrogen (secondary N) is 1. The van der Waals surface area contributed by atoms with Crippen LogP contribution in [0.1, 0.15) is 27.9 Å². The molecule has 1 aliphatic rings. The van der Waals surface area contributed by atoms with Gasteiger partial charge in [-0.25, -0.2) is 12.8 Å². The Balaban J connectivity index is 1.91. The smallest absolute Gasteiger partial charge is 0.229 e. The number of anilines is 1. The number of nitrogens with zero attached hydrogens (tertiary/aromatic N) is 1. The number of pyridine rings is 1. The molecule has 1 aliphatic carbocycles. The zero-order valence-corrected chi connectivity index (χ0v) is 17.2. The van der Waals surface area contributed by atoms with E-state index in [1.807, 2.05) is 36.4 Å². The number of benzene rings is 2. The van der Waals surface area contributed by atoms with Gasteiger partial charge in [0.15, 0.2) is 0 Å². The van der Waals surface area contributed by atoms with Crippen molar-refractivity contribution in [3.8, 4) is 0 Å². The van der Waals surface area contributed by atoms with Gasteiger partial charge in [-0.05, 0) is 77.6 Å². The quantitative estimate of drug-likeness (QED) is 0.643. The van der Waals surface area contributed by atoms with Crippen LogP contribution in [-0.2, 0) is 22.9 Å². The fourth-order valence-electron chi connectivity index (χ4n) is 3.59. The molecule has 148 valence electrons. The lowest BCUT2D eigenvalue weighted by Gasteiger charge is -2.12. The molecule has 29 heavy (non-hydrogen) atoms. The number of hydrogen-bond acceptors (Lipinski definition) is 3. The lowest BCUT2D eigenvalue weighted by atomic mass is 9.95. The van der Waals surface area contributed by atoms with Crippen molar-refractivity contribution >= 4 is 39.0 Å². The second-order valence-corrected chi connectivity index (χ2v) is 9.20. The molecule has 0 atom stereocenters. The van der Waals surface area contributed by atoms with Gasteiger partial charge >= 0.3 is 0 Å². The fourth-order valence-corrected chi connectivity index (χ4v) is 4.33. The second-order valence-electron chi connectivity index (χ2n) is 7.02. The molecule has 0 aliphatic heterocycles. The molecule has 0 unspecified atom stereocenters. The van der Waals surface area contributed by atoms with E-state index < -0.39 is 15.8 Å². The molecule has 2 aromatic carbocycles. The van der Waals surface area contributed by atoms with E-state index in [-0.39, 0.29) is 5.69 Å². The van der Waals surface area contributed by atoms with Gasteiger partial charge in [0, 0.05) is 16.8 Å². The first kappa shape index (κ1) is 19.6. The molecule has 1 heterocycles. The molecule has 0 saturated heterocycles. The first-order valence-electron chi connectivity index (χ1n) is 9.02. The van der Waals surface area contributed by atoms with Crippen LogP contribution in [-0.4, -0.2) is 19.7 Å². The van der Waals surface area contributed by atoms with Crippen LogP contribution in [0.2, 0.25) is 5.02 Å². The molecule has 4 rings (SSSR count). The summed E-state index contributed by atoms with van der Waals surface area (Å²) >= 11 is 6.20. The van der Waals surface area contributed by atoms with E-state index in [0.717, 1.165) is 53.1 Å². The molecule has 1 N–H and O–H groups in total. The van der Waals surface area contributed by atoms with Crippen molar-refractivity contribution in [3.05, 3.63) is 93.5 Å². The summed E-state index contributed by atoms with van der Waals surface area (Å²) in [5.74, 6) is -0.531. The lowest BCUT2D eigenvalue weighted by molar-refractivity contribution is 0.606. The van der Waals surface area contributed by atoms with Crippen LogP contribution in [0.15, 0.2) is 54.7 Å². The molecule has 1 aromatic heterocycles. The van der Waals surface area contributed by atoms with Crippen LogP contribution in [0.5, 0.6) is 0 Å². The predicted molar refractivity (Wildman–Crippen MR) is 115 cm³/mol. The first-order valence-corrected chi connectivity index (χ1v) is 11.3. The van der Waals surface area contributed by atoms with Gasteiger partial charge in [0.2, 0.25) is 10.0 Å². The number of fused-ring (bicyclic) bond motifs is 2. The molecule has 0 fully saturated rings. The van der Waals surface area contributed by atoms with Crippen LogP contribution < -0.4 is 4.72 Å². The van der Waals surface area contributed by atoms with Crippen molar-refractivity contribution in [1.29, 1.82) is 0 Å². The van der Waals surface area contributed by atoms with E-state index in [1.54, 1.807) is 12.3 Å². The highest BCUT2D eigenvalue weighted by Crippen LogP contribution is 2.35. The average molecular weight is 429 g/mol. The Morgan fingerprint density at radius 3 is 2.69 bits per heavy atom. The highest BCUT2D eigenvalue weighted by molar-refractivity contribution is 7.92. The highest BCUT2D eigenvalue weighted by Gasteiger charge is 2.19. The summed E-state index contributed by atoms with van der Waals surface area (Å²) in [4.78, 5) is 4.58. The second kappa shape index (κ2) is 7.61.